The number of benzene rings is 2. The highest BCUT2D eigenvalue weighted by molar-refractivity contribution is 6.20. The van der Waals surface area contributed by atoms with Gasteiger partial charge in [0.25, 0.3) is 0 Å². The maximum Gasteiger partial charge on any atom is 0.357 e. The molecule has 0 unspecified atom stereocenters. The van der Waals surface area contributed by atoms with Gasteiger partial charge in [0.15, 0.2) is 11.4 Å². The van der Waals surface area contributed by atoms with E-state index in [1.165, 1.54) is 10.0 Å². The molecule has 10 heteroatoms. The summed E-state index contributed by atoms with van der Waals surface area (Å²) in [6.45, 7) is 0. The van der Waals surface area contributed by atoms with Gasteiger partial charge in [-0.05, 0) is 12.1 Å². The first-order valence-corrected chi connectivity index (χ1v) is 10.0. The highest BCUT2D eigenvalue weighted by Gasteiger charge is 2.49. The van der Waals surface area contributed by atoms with Crippen LogP contribution in [-0.2, 0) is 38.1 Å². The predicted molar refractivity (Wildman–Crippen MR) is 119 cm³/mol. The molecule has 0 saturated carbocycles. The number of para-hydroxylation sites is 2. The molecule has 0 amide bonds. The molecule has 0 N–H and O–H groups in total. The number of esters is 4. The zero-order valence-corrected chi connectivity index (χ0v) is 18.8. The molecule has 2 aromatic carbocycles. The number of methoxy groups -OCH3 is 4. The van der Waals surface area contributed by atoms with Gasteiger partial charge < -0.3 is 18.9 Å². The molecule has 0 atom stereocenters. The van der Waals surface area contributed by atoms with Crippen molar-refractivity contribution in [3.63, 3.8) is 0 Å². The number of nitrogens with zero attached hydrogens (tertiary/aromatic N) is 2. The van der Waals surface area contributed by atoms with Gasteiger partial charge in [-0.3, -0.25) is 0 Å². The molecule has 2 aliphatic rings. The lowest BCUT2D eigenvalue weighted by Crippen LogP contribution is -2.53. The second kappa shape index (κ2) is 8.74. The third-order valence-electron chi connectivity index (χ3n) is 5.44. The van der Waals surface area contributed by atoms with Crippen molar-refractivity contribution < 1.29 is 38.1 Å². The summed E-state index contributed by atoms with van der Waals surface area (Å²) >= 11 is 0. The van der Waals surface area contributed by atoms with E-state index in [0.717, 1.165) is 28.4 Å². The smallest absolute Gasteiger partial charge is 0.357 e. The number of anilines is 2. The molecule has 174 valence electrons. The first-order valence-electron chi connectivity index (χ1n) is 10.0. The normalized spacial score (nSPS) is 14.0. The Bertz CT molecular complexity index is 1190. The van der Waals surface area contributed by atoms with Crippen molar-refractivity contribution >= 4 is 35.3 Å². The lowest BCUT2D eigenvalue weighted by Gasteiger charge is -2.46. The standard InChI is InChI=1S/C24H20N2O8/c1-31-21(27)17-18(22(28)32-2)20(24(30)34-4)26-16-12-8-6-10-14(16)13-9-5-7-11-15(13)25(26)19(17)23(29)33-3/h5-12H,1-4H3. The highest BCUT2D eigenvalue weighted by atomic mass is 16.5. The van der Waals surface area contributed by atoms with Crippen molar-refractivity contribution in [2.75, 3.05) is 38.5 Å². The van der Waals surface area contributed by atoms with Crippen LogP contribution in [0.5, 0.6) is 0 Å². The zero-order valence-electron chi connectivity index (χ0n) is 18.8. The highest BCUT2D eigenvalue weighted by Crippen LogP contribution is 2.50. The summed E-state index contributed by atoms with van der Waals surface area (Å²) in [5, 5.41) is 2.68. The molecule has 0 aromatic heterocycles. The largest absolute Gasteiger partial charge is 0.465 e. The minimum atomic E-state index is -1.04. The number of hydrogen-bond donors (Lipinski definition) is 0. The van der Waals surface area contributed by atoms with Gasteiger partial charge in [-0.15, -0.1) is 0 Å². The van der Waals surface area contributed by atoms with Crippen LogP contribution in [0.25, 0.3) is 11.1 Å². The summed E-state index contributed by atoms with van der Waals surface area (Å²) in [7, 11) is 4.44. The topological polar surface area (TPSA) is 112 Å². The summed E-state index contributed by atoms with van der Waals surface area (Å²) in [6.07, 6.45) is 0. The Morgan fingerprint density at radius 1 is 0.529 bits per heavy atom. The first-order chi connectivity index (χ1) is 16.4. The number of ether oxygens (including phenoxy) is 4. The minimum Gasteiger partial charge on any atom is -0.465 e. The summed E-state index contributed by atoms with van der Waals surface area (Å²) in [5.74, 6) is -3.97. The van der Waals surface area contributed by atoms with Gasteiger partial charge in [0.2, 0.25) is 0 Å². The van der Waals surface area contributed by atoms with Crippen LogP contribution in [-0.4, -0.2) is 52.3 Å². The Labute approximate surface area is 194 Å². The van der Waals surface area contributed by atoms with E-state index >= 15 is 0 Å². The maximum atomic E-state index is 13.1. The molecule has 10 nitrogen and oxygen atoms in total. The number of hydrazine groups is 1. The first kappa shape index (κ1) is 22.6. The molecule has 0 radical (unpaired) electrons. The van der Waals surface area contributed by atoms with Crippen molar-refractivity contribution in [3.8, 4) is 11.1 Å². The van der Waals surface area contributed by atoms with E-state index in [1.54, 1.807) is 24.3 Å². The Balaban J connectivity index is 2.24. The zero-order chi connectivity index (χ0) is 24.6. The molecule has 0 spiro atoms. The Morgan fingerprint density at radius 2 is 0.853 bits per heavy atom. The van der Waals surface area contributed by atoms with Crippen molar-refractivity contribution in [2.45, 2.75) is 0 Å². The van der Waals surface area contributed by atoms with Crippen LogP contribution in [0.4, 0.5) is 11.4 Å². The molecule has 0 fully saturated rings. The fourth-order valence-corrected chi connectivity index (χ4v) is 4.05. The lowest BCUT2D eigenvalue weighted by molar-refractivity contribution is -0.142. The Kier molecular flexibility index (Phi) is 5.80. The van der Waals surface area contributed by atoms with Crippen molar-refractivity contribution in [2.24, 2.45) is 0 Å². The lowest BCUT2D eigenvalue weighted by atomic mass is 9.92. The van der Waals surface area contributed by atoms with Gasteiger partial charge in [-0.1, -0.05) is 36.4 Å². The number of rotatable bonds is 4. The quantitative estimate of drug-likeness (QED) is 0.493. The fraction of sp³-hybridized carbons (Fsp3) is 0.167. The molecule has 2 aliphatic heterocycles. The monoisotopic (exact) mass is 464 g/mol. The number of hydrogen-bond acceptors (Lipinski definition) is 10. The van der Waals surface area contributed by atoms with E-state index in [-0.39, 0.29) is 11.4 Å². The molecule has 4 rings (SSSR count). The minimum absolute atomic E-state index is 0.329. The van der Waals surface area contributed by atoms with Gasteiger partial charge in [-0.2, -0.15) is 0 Å². The maximum absolute atomic E-state index is 13.1. The molecule has 0 bridgehead atoms. The molecule has 2 heterocycles. The van der Waals surface area contributed by atoms with Gasteiger partial charge in [0, 0.05) is 11.1 Å². The van der Waals surface area contributed by atoms with E-state index in [2.05, 4.69) is 0 Å². The summed E-state index contributed by atoms with van der Waals surface area (Å²) in [4.78, 5) is 52.2. The van der Waals surface area contributed by atoms with Gasteiger partial charge in [0.05, 0.1) is 39.8 Å². The molecule has 34 heavy (non-hydrogen) atoms. The number of fused-ring (bicyclic) bond motifs is 6. The molecule has 2 aromatic rings. The van der Waals surface area contributed by atoms with Crippen LogP contribution in [0.1, 0.15) is 0 Å². The molecule has 0 aliphatic carbocycles. The van der Waals surface area contributed by atoms with E-state index in [9.17, 15) is 19.2 Å². The molecule has 0 saturated heterocycles. The van der Waals surface area contributed by atoms with Crippen LogP contribution in [0.3, 0.4) is 0 Å². The van der Waals surface area contributed by atoms with Crippen molar-refractivity contribution in [1.82, 2.24) is 0 Å². The van der Waals surface area contributed by atoms with Crippen molar-refractivity contribution in [1.29, 1.82) is 0 Å². The predicted octanol–water partition coefficient (Wildman–Crippen LogP) is 2.11. The molecular formula is C24H20N2O8. The van der Waals surface area contributed by atoms with Crippen LogP contribution >= 0.6 is 0 Å². The summed E-state index contributed by atoms with van der Waals surface area (Å²) < 4.78 is 19.8. The Morgan fingerprint density at radius 3 is 1.18 bits per heavy atom. The molecular weight excluding hydrogens is 444 g/mol. The van der Waals surface area contributed by atoms with Crippen LogP contribution in [0.2, 0.25) is 0 Å². The van der Waals surface area contributed by atoms with Crippen LogP contribution in [0.15, 0.2) is 71.1 Å². The average molecular weight is 464 g/mol. The number of carbonyl (C=O) groups is 4. The third kappa shape index (κ3) is 3.19. The van der Waals surface area contributed by atoms with Crippen molar-refractivity contribution in [3.05, 3.63) is 71.1 Å². The van der Waals surface area contributed by atoms with Crippen LogP contribution in [0, 0.1) is 0 Å². The van der Waals surface area contributed by atoms with E-state index in [4.69, 9.17) is 18.9 Å². The van der Waals surface area contributed by atoms with Crippen LogP contribution < -0.4 is 10.0 Å². The average Bonchev–Trinajstić information content (AvgIpc) is 2.89. The van der Waals surface area contributed by atoms with E-state index in [0.29, 0.717) is 22.5 Å². The summed E-state index contributed by atoms with van der Waals surface area (Å²) in [6, 6.07) is 14.2. The third-order valence-corrected chi connectivity index (χ3v) is 5.44. The van der Waals surface area contributed by atoms with Gasteiger partial charge in [-0.25, -0.2) is 29.2 Å². The SMILES string of the molecule is COC(=O)C1=C(C(=O)OC)N2c3ccccc3-c3ccccc3N2C(C(=O)OC)=C1C(=O)OC. The van der Waals surface area contributed by atoms with Gasteiger partial charge >= 0.3 is 23.9 Å². The summed E-state index contributed by atoms with van der Waals surface area (Å²) in [5.41, 5.74) is 0.686. The number of carbonyl (C=O) groups excluding carboxylic acids is 4. The van der Waals surface area contributed by atoms with Gasteiger partial charge in [0.1, 0.15) is 11.1 Å². The second-order valence-corrected chi connectivity index (χ2v) is 7.07. The van der Waals surface area contributed by atoms with E-state index in [1.807, 2.05) is 24.3 Å². The van der Waals surface area contributed by atoms with E-state index < -0.39 is 35.0 Å². The fourth-order valence-electron chi connectivity index (χ4n) is 4.05. The second-order valence-electron chi connectivity index (χ2n) is 7.07. The Hall–Kier alpha value is -4.60.